The van der Waals surface area contributed by atoms with E-state index in [1.165, 1.54) is 13.8 Å². The minimum absolute atomic E-state index is 0.167. The van der Waals surface area contributed by atoms with Crippen LogP contribution in [0, 0.1) is 116 Å². The van der Waals surface area contributed by atoms with Gasteiger partial charge in [-0.1, -0.05) is 0 Å². The maximum Gasteiger partial charge on any atom is 0.200 e. The third-order valence-corrected chi connectivity index (χ3v) is 6.71. The van der Waals surface area contributed by atoms with Gasteiger partial charge in [-0.3, -0.25) is 0 Å². The van der Waals surface area contributed by atoms with E-state index in [1.54, 1.807) is 0 Å². The van der Waals surface area contributed by atoms with Crippen LogP contribution in [0.5, 0.6) is 0 Å². The van der Waals surface area contributed by atoms with Crippen LogP contribution in [-0.2, 0) is 4.79 Å². The van der Waals surface area contributed by atoms with Crippen molar-refractivity contribution in [3.8, 4) is 0 Å². The van der Waals surface area contributed by atoms with E-state index in [1.807, 2.05) is 0 Å². The van der Waals surface area contributed by atoms with Gasteiger partial charge in [-0.05, 0) is 13.8 Å². The number of benzene rings is 4. The van der Waals surface area contributed by atoms with E-state index in [0.717, 1.165) is 0 Å². The number of hydrogen-bond donors (Lipinski definition) is 0. The number of ketones is 1. The summed E-state index contributed by atoms with van der Waals surface area (Å²) in [6, 6.07) is 0. The zero-order chi connectivity index (χ0) is 37.9. The van der Waals surface area contributed by atoms with E-state index in [9.17, 15) is 57.5 Å². The van der Waals surface area contributed by atoms with Crippen LogP contribution >= 0.6 is 0 Å². The van der Waals surface area contributed by atoms with Gasteiger partial charge in [0.2, 0.25) is 0 Å². The molecule has 0 unspecified atom stereocenters. The fraction of sp³-hybridized carbons (Fsp3) is 0.0741. The molecule has 0 heterocycles. The second-order valence-electron chi connectivity index (χ2n) is 9.71. The molecular weight excluding hydrogens is 731 g/mol. The van der Waals surface area contributed by atoms with Gasteiger partial charge in [0.1, 0.15) is 58.5 Å². The molecule has 0 aliphatic heterocycles. The predicted octanol–water partition coefficient (Wildman–Crippen LogP) is 6.44. The normalized spacial score (nSPS) is 11.6. The molecule has 4 aromatic rings. The van der Waals surface area contributed by atoms with Crippen LogP contribution in [0.15, 0.2) is 0 Å². The second kappa shape index (κ2) is 13.3. The predicted molar refractivity (Wildman–Crippen MR) is 126 cm³/mol. The summed E-state index contributed by atoms with van der Waals surface area (Å²) in [7, 11) is 0. The molecule has 0 N–H and O–H groups in total. The second-order valence-corrected chi connectivity index (χ2v) is 9.71. The Balaban J connectivity index is 0.00000154. The van der Waals surface area contributed by atoms with Crippen LogP contribution in [0.25, 0.3) is 0 Å². The van der Waals surface area contributed by atoms with Crippen molar-refractivity contribution in [2.45, 2.75) is 13.8 Å². The number of halogens is 20. The first kappa shape index (κ1) is 38.7. The van der Waals surface area contributed by atoms with Gasteiger partial charge in [0.15, 0.2) is 69.8 Å². The molecule has 0 saturated carbocycles. The molecule has 0 spiro atoms. The lowest BCUT2D eigenvalue weighted by molar-refractivity contribution is -0.115. The molecule has 49 heavy (non-hydrogen) atoms. The van der Waals surface area contributed by atoms with Crippen molar-refractivity contribution in [2.24, 2.45) is 0 Å². The van der Waals surface area contributed by atoms with Crippen LogP contribution < -0.4 is 21.9 Å². The summed E-state index contributed by atoms with van der Waals surface area (Å²) in [5.74, 6) is -71.2. The highest BCUT2D eigenvalue weighted by atomic mass is 19.2. The molecule has 4 aromatic carbocycles. The van der Waals surface area contributed by atoms with Crippen LogP contribution in [0.4, 0.5) is 87.8 Å². The van der Waals surface area contributed by atoms with Gasteiger partial charge in [-0.25, -0.2) is 87.8 Å². The lowest BCUT2D eigenvalue weighted by atomic mass is 9.12. The lowest BCUT2D eigenvalue weighted by Crippen LogP contribution is -2.81. The molecule has 4 rings (SSSR count). The molecule has 0 aliphatic rings. The molecular formula is C27H6BF20O-. The van der Waals surface area contributed by atoms with E-state index >= 15 is 35.1 Å². The van der Waals surface area contributed by atoms with Gasteiger partial charge in [-0.15, -0.1) is 21.9 Å². The van der Waals surface area contributed by atoms with Gasteiger partial charge in [0, 0.05) is 0 Å². The van der Waals surface area contributed by atoms with Gasteiger partial charge in [0.25, 0.3) is 0 Å². The molecule has 0 aliphatic carbocycles. The van der Waals surface area contributed by atoms with Crippen molar-refractivity contribution in [1.82, 2.24) is 0 Å². The van der Waals surface area contributed by atoms with E-state index in [-0.39, 0.29) is 5.78 Å². The highest BCUT2D eigenvalue weighted by Crippen LogP contribution is 2.30. The fourth-order valence-corrected chi connectivity index (χ4v) is 4.87. The van der Waals surface area contributed by atoms with Crippen LogP contribution in [0.1, 0.15) is 13.8 Å². The van der Waals surface area contributed by atoms with Crippen molar-refractivity contribution < 1.29 is 92.6 Å². The number of Topliss-reactive ketones (excluding diaryl/α,β-unsaturated/α-hetero) is 1. The summed E-state index contributed by atoms with van der Waals surface area (Å²) in [6.45, 7) is 3.06. The monoisotopic (exact) mass is 737 g/mol. The topological polar surface area (TPSA) is 17.1 Å². The third kappa shape index (κ3) is 5.53. The van der Waals surface area contributed by atoms with Gasteiger partial charge in [-0.2, -0.15) is 0 Å². The minimum atomic E-state index is -7.22. The Morgan fingerprint density at radius 1 is 0.265 bits per heavy atom. The van der Waals surface area contributed by atoms with Crippen LogP contribution in [0.2, 0.25) is 0 Å². The first-order valence-corrected chi connectivity index (χ1v) is 12.1. The van der Waals surface area contributed by atoms with Crippen molar-refractivity contribution in [1.29, 1.82) is 0 Å². The van der Waals surface area contributed by atoms with Gasteiger partial charge < -0.3 is 4.79 Å². The van der Waals surface area contributed by atoms with Crippen molar-refractivity contribution >= 4 is 33.8 Å². The van der Waals surface area contributed by atoms with Crippen molar-refractivity contribution in [3.63, 3.8) is 0 Å². The Morgan fingerprint density at radius 3 is 0.449 bits per heavy atom. The summed E-state index contributed by atoms with van der Waals surface area (Å²) < 4.78 is 294. The smallest absolute Gasteiger partial charge is 0.200 e. The Hall–Kier alpha value is -4.79. The zero-order valence-corrected chi connectivity index (χ0v) is 23.0. The van der Waals surface area contributed by atoms with Crippen molar-refractivity contribution in [3.05, 3.63) is 116 Å². The number of rotatable bonds is 4. The highest BCUT2D eigenvalue weighted by Gasteiger charge is 2.52. The molecule has 0 atom stereocenters. The quantitative estimate of drug-likeness (QED) is 0.102. The standard InChI is InChI=1S/C24BF20.C3H6O/c26-5-1(6(27)14(35)21(42)13(5)34)25(2-7(28)15(36)22(43)16(37)8(2)29,3-9(30)17(38)23(44)18(39)10(3)31)4-11(32)19(40)24(45)20(41)12(4)33;1-3(2)4/h;1-2H3/q-1;. The van der Waals surface area contributed by atoms with E-state index < -0.39 is 144 Å². The Kier molecular flexibility index (Phi) is 10.5. The van der Waals surface area contributed by atoms with E-state index in [2.05, 4.69) is 0 Å². The Bertz CT molecular complexity index is 1670. The summed E-state index contributed by atoms with van der Waals surface area (Å²) >= 11 is 0. The minimum Gasteiger partial charge on any atom is -0.300 e. The molecule has 264 valence electrons. The van der Waals surface area contributed by atoms with Crippen LogP contribution in [-0.4, -0.2) is 11.9 Å². The largest absolute Gasteiger partial charge is 0.300 e. The molecule has 1 nitrogen and oxygen atoms in total. The Morgan fingerprint density at radius 2 is 0.347 bits per heavy atom. The van der Waals surface area contributed by atoms with Crippen molar-refractivity contribution in [2.75, 3.05) is 0 Å². The van der Waals surface area contributed by atoms with E-state index in [4.69, 9.17) is 0 Å². The molecule has 22 heteroatoms. The third-order valence-electron chi connectivity index (χ3n) is 6.71. The number of carbonyl (C=O) groups excluding carboxylic acids is 1. The molecule has 0 radical (unpaired) electrons. The maximum absolute atomic E-state index is 15.4. The molecule has 0 saturated heterocycles. The summed E-state index contributed by atoms with van der Waals surface area (Å²) in [5, 5.41) is 0. The maximum atomic E-state index is 15.4. The lowest BCUT2D eigenvalue weighted by Gasteiger charge is -2.44. The van der Waals surface area contributed by atoms with Crippen LogP contribution in [0.3, 0.4) is 0 Å². The highest BCUT2D eigenvalue weighted by molar-refractivity contribution is 7.20. The SMILES string of the molecule is CC(C)=O.Fc1c(F)c(F)c([B-](c2c(F)c(F)c(F)c(F)c2F)(c2c(F)c(F)c(F)c(F)c2F)c2c(F)c(F)c(F)c(F)c2F)c(F)c1F. The average Bonchev–Trinajstić information content (AvgIpc) is 3.04. The number of hydrogen-bond acceptors (Lipinski definition) is 1. The molecule has 0 fully saturated rings. The Labute approximate surface area is 257 Å². The fourth-order valence-electron chi connectivity index (χ4n) is 4.87. The van der Waals surface area contributed by atoms with Gasteiger partial charge in [0.05, 0.1) is 0 Å². The first-order chi connectivity index (χ1) is 22.4. The summed E-state index contributed by atoms with van der Waals surface area (Å²) in [4.78, 5) is 9.44. The molecule has 0 aromatic heterocycles. The summed E-state index contributed by atoms with van der Waals surface area (Å²) in [6.07, 6.45) is -7.22. The zero-order valence-electron chi connectivity index (χ0n) is 23.0. The average molecular weight is 737 g/mol. The van der Waals surface area contributed by atoms with E-state index in [0.29, 0.717) is 0 Å². The first-order valence-electron chi connectivity index (χ1n) is 12.1. The summed E-state index contributed by atoms with van der Waals surface area (Å²) in [5.41, 5.74) is -14.3. The molecule has 0 amide bonds. The molecule has 0 bridgehead atoms. The van der Waals surface area contributed by atoms with Gasteiger partial charge >= 0.3 is 0 Å². The number of carbonyl (C=O) groups is 1.